The molecule has 0 bridgehead atoms. The lowest BCUT2D eigenvalue weighted by molar-refractivity contribution is -0.139. The second-order valence-electron chi connectivity index (χ2n) is 7.97. The highest BCUT2D eigenvalue weighted by molar-refractivity contribution is 5.98. The standard InChI is InChI=1S/C24H27FN2O3/c25-22-16-19(9-10-21(22)18-6-2-1-3-7-18)24(29)20-8-4-12-26(17-20)23(28)11-14-27-13-5-15-30-27/h1-3,6-7,9-10,16,20H,4-5,8,11-15,17H2/t20-/m1/s1. The van der Waals surface area contributed by atoms with Gasteiger partial charge in [-0.1, -0.05) is 42.5 Å². The summed E-state index contributed by atoms with van der Waals surface area (Å²) in [6.45, 7) is 3.23. The van der Waals surface area contributed by atoms with Gasteiger partial charge in [-0.15, -0.1) is 0 Å². The highest BCUT2D eigenvalue weighted by Gasteiger charge is 2.29. The topological polar surface area (TPSA) is 49.9 Å². The molecule has 2 fully saturated rings. The lowest BCUT2D eigenvalue weighted by Crippen LogP contribution is -2.43. The second kappa shape index (κ2) is 9.49. The van der Waals surface area contributed by atoms with Gasteiger partial charge in [-0.3, -0.25) is 14.4 Å². The number of halogens is 1. The first-order valence-electron chi connectivity index (χ1n) is 10.7. The van der Waals surface area contributed by atoms with Crippen molar-refractivity contribution in [2.45, 2.75) is 25.7 Å². The fraction of sp³-hybridized carbons (Fsp3) is 0.417. The predicted molar refractivity (Wildman–Crippen MR) is 112 cm³/mol. The van der Waals surface area contributed by atoms with E-state index in [4.69, 9.17) is 4.84 Å². The zero-order valence-corrected chi connectivity index (χ0v) is 17.1. The van der Waals surface area contributed by atoms with E-state index < -0.39 is 5.82 Å². The number of carbonyl (C=O) groups is 2. The first-order chi connectivity index (χ1) is 14.6. The van der Waals surface area contributed by atoms with Crippen LogP contribution in [0.5, 0.6) is 0 Å². The highest BCUT2D eigenvalue weighted by atomic mass is 19.1. The van der Waals surface area contributed by atoms with Gasteiger partial charge in [-0.2, -0.15) is 5.06 Å². The maximum Gasteiger partial charge on any atom is 0.223 e. The van der Waals surface area contributed by atoms with Crippen LogP contribution in [0.1, 0.15) is 36.0 Å². The normalized spacial score (nSPS) is 19.8. The number of piperidine rings is 1. The van der Waals surface area contributed by atoms with E-state index in [2.05, 4.69) is 0 Å². The third-order valence-electron chi connectivity index (χ3n) is 5.88. The summed E-state index contributed by atoms with van der Waals surface area (Å²) in [6, 6.07) is 14.0. The molecule has 2 aliphatic rings. The number of hydrogen-bond acceptors (Lipinski definition) is 4. The summed E-state index contributed by atoms with van der Waals surface area (Å²) in [5.74, 6) is -0.725. The van der Waals surface area contributed by atoms with Crippen molar-refractivity contribution in [3.8, 4) is 11.1 Å². The lowest BCUT2D eigenvalue weighted by atomic mass is 9.89. The predicted octanol–water partition coefficient (Wildman–Crippen LogP) is 3.94. The summed E-state index contributed by atoms with van der Waals surface area (Å²) in [5, 5.41) is 1.83. The van der Waals surface area contributed by atoms with Crippen molar-refractivity contribution in [2.75, 3.05) is 32.8 Å². The number of carbonyl (C=O) groups excluding carboxylic acids is 2. The van der Waals surface area contributed by atoms with Gasteiger partial charge in [0.05, 0.1) is 6.61 Å². The fourth-order valence-electron chi connectivity index (χ4n) is 4.23. The Morgan fingerprint density at radius 2 is 1.90 bits per heavy atom. The van der Waals surface area contributed by atoms with Crippen molar-refractivity contribution in [3.63, 3.8) is 0 Å². The van der Waals surface area contributed by atoms with Crippen molar-refractivity contribution in [1.82, 2.24) is 9.96 Å². The summed E-state index contributed by atoms with van der Waals surface area (Å²) < 4.78 is 14.7. The van der Waals surface area contributed by atoms with E-state index in [1.54, 1.807) is 17.0 Å². The molecule has 158 valence electrons. The highest BCUT2D eigenvalue weighted by Crippen LogP contribution is 2.26. The molecule has 1 amide bonds. The van der Waals surface area contributed by atoms with Crippen LogP contribution in [0.4, 0.5) is 4.39 Å². The quantitative estimate of drug-likeness (QED) is 0.677. The van der Waals surface area contributed by atoms with Crippen LogP contribution in [0.15, 0.2) is 48.5 Å². The Morgan fingerprint density at radius 1 is 1.07 bits per heavy atom. The van der Waals surface area contributed by atoms with Gasteiger partial charge in [0.2, 0.25) is 5.91 Å². The molecule has 2 aromatic rings. The molecule has 2 saturated heterocycles. The van der Waals surface area contributed by atoms with Crippen molar-refractivity contribution in [1.29, 1.82) is 0 Å². The van der Waals surface area contributed by atoms with E-state index >= 15 is 0 Å². The Bertz CT molecular complexity index is 897. The molecule has 1 atom stereocenters. The number of benzene rings is 2. The molecule has 0 radical (unpaired) electrons. The van der Waals surface area contributed by atoms with Crippen LogP contribution in [0.2, 0.25) is 0 Å². The van der Waals surface area contributed by atoms with Crippen LogP contribution in [0.3, 0.4) is 0 Å². The second-order valence-corrected chi connectivity index (χ2v) is 7.97. The average molecular weight is 410 g/mol. The Morgan fingerprint density at radius 3 is 2.63 bits per heavy atom. The van der Waals surface area contributed by atoms with E-state index in [1.165, 1.54) is 6.07 Å². The Kier molecular flexibility index (Phi) is 6.55. The summed E-state index contributed by atoms with van der Waals surface area (Å²) in [5.41, 5.74) is 1.64. The minimum absolute atomic E-state index is 0.0496. The van der Waals surface area contributed by atoms with Crippen LogP contribution in [-0.2, 0) is 9.63 Å². The molecule has 30 heavy (non-hydrogen) atoms. The minimum atomic E-state index is -0.401. The van der Waals surface area contributed by atoms with Gasteiger partial charge in [0.1, 0.15) is 5.82 Å². The molecule has 0 saturated carbocycles. The molecule has 2 aliphatic heterocycles. The summed E-state index contributed by atoms with van der Waals surface area (Å²) >= 11 is 0. The van der Waals surface area contributed by atoms with Crippen molar-refractivity contribution in [2.24, 2.45) is 5.92 Å². The third-order valence-corrected chi connectivity index (χ3v) is 5.88. The summed E-state index contributed by atoms with van der Waals surface area (Å²) in [7, 11) is 0. The largest absolute Gasteiger partial charge is 0.342 e. The van der Waals surface area contributed by atoms with Crippen molar-refractivity contribution in [3.05, 3.63) is 59.9 Å². The SMILES string of the molecule is O=C(c1ccc(-c2ccccc2)c(F)c1)[C@@H]1CCCN(C(=O)CCN2CCCO2)C1. The molecule has 4 rings (SSSR count). The molecule has 2 heterocycles. The van der Waals surface area contributed by atoms with Gasteiger partial charge in [-0.05, 0) is 30.9 Å². The van der Waals surface area contributed by atoms with E-state index in [-0.39, 0.29) is 17.6 Å². The summed E-state index contributed by atoms with van der Waals surface area (Å²) in [4.78, 5) is 32.8. The number of Topliss-reactive ketones (excluding diaryl/α,β-unsaturated/α-hetero) is 1. The molecular formula is C24H27FN2O3. The van der Waals surface area contributed by atoms with Gasteiger partial charge in [0, 0.05) is 49.6 Å². The molecule has 0 unspecified atom stereocenters. The maximum absolute atomic E-state index is 14.7. The van der Waals surface area contributed by atoms with E-state index in [1.807, 2.05) is 35.4 Å². The van der Waals surface area contributed by atoms with Gasteiger partial charge in [0.25, 0.3) is 0 Å². The molecule has 0 aliphatic carbocycles. The Hall–Kier alpha value is -2.57. The fourth-order valence-corrected chi connectivity index (χ4v) is 4.23. The van der Waals surface area contributed by atoms with Crippen molar-refractivity contribution >= 4 is 11.7 Å². The number of ketones is 1. The lowest BCUT2D eigenvalue weighted by Gasteiger charge is -2.32. The van der Waals surface area contributed by atoms with Crippen LogP contribution >= 0.6 is 0 Å². The summed E-state index contributed by atoms with van der Waals surface area (Å²) in [6.07, 6.45) is 2.89. The van der Waals surface area contributed by atoms with Crippen molar-refractivity contribution < 1.29 is 18.8 Å². The Balaban J connectivity index is 1.39. The number of amides is 1. The first kappa shape index (κ1) is 20.7. The number of rotatable bonds is 6. The molecule has 0 N–H and O–H groups in total. The van der Waals surface area contributed by atoms with Gasteiger partial charge in [0.15, 0.2) is 5.78 Å². The number of hydroxylamine groups is 2. The van der Waals surface area contributed by atoms with Crippen LogP contribution in [0, 0.1) is 11.7 Å². The van der Waals surface area contributed by atoms with E-state index in [9.17, 15) is 14.0 Å². The number of hydrogen-bond donors (Lipinski definition) is 0. The number of likely N-dealkylation sites (tertiary alicyclic amines) is 1. The smallest absolute Gasteiger partial charge is 0.223 e. The third kappa shape index (κ3) is 4.77. The average Bonchev–Trinajstić information content (AvgIpc) is 3.31. The van der Waals surface area contributed by atoms with Crippen LogP contribution in [0.25, 0.3) is 11.1 Å². The monoisotopic (exact) mass is 410 g/mol. The zero-order valence-electron chi connectivity index (χ0n) is 17.1. The van der Waals surface area contributed by atoms with Gasteiger partial charge >= 0.3 is 0 Å². The van der Waals surface area contributed by atoms with Gasteiger partial charge < -0.3 is 4.90 Å². The zero-order chi connectivity index (χ0) is 20.9. The molecule has 6 heteroatoms. The molecule has 0 spiro atoms. The van der Waals surface area contributed by atoms with Crippen LogP contribution in [-0.4, -0.2) is 54.4 Å². The molecule has 2 aromatic carbocycles. The van der Waals surface area contributed by atoms with E-state index in [0.29, 0.717) is 43.8 Å². The number of nitrogens with zero attached hydrogens (tertiary/aromatic N) is 2. The maximum atomic E-state index is 14.7. The van der Waals surface area contributed by atoms with E-state index in [0.717, 1.165) is 31.4 Å². The molecular weight excluding hydrogens is 383 g/mol. The molecule has 0 aromatic heterocycles. The first-order valence-corrected chi connectivity index (χ1v) is 10.7. The van der Waals surface area contributed by atoms with Crippen LogP contribution < -0.4 is 0 Å². The Labute approximate surface area is 176 Å². The molecule has 5 nitrogen and oxygen atoms in total. The van der Waals surface area contributed by atoms with Gasteiger partial charge in [-0.25, -0.2) is 4.39 Å². The minimum Gasteiger partial charge on any atom is -0.342 e.